The maximum absolute atomic E-state index is 12.7. The average molecular weight is 350 g/mol. The van der Waals surface area contributed by atoms with Crippen LogP contribution in [0.25, 0.3) is 0 Å². The molecule has 3 N–H and O–H groups in total. The van der Waals surface area contributed by atoms with Gasteiger partial charge < -0.3 is 11.1 Å². The van der Waals surface area contributed by atoms with Crippen molar-refractivity contribution in [1.82, 2.24) is 5.32 Å². The first-order chi connectivity index (χ1) is 12.4. The minimum atomic E-state index is -0.722. The lowest BCUT2D eigenvalue weighted by Crippen LogP contribution is -2.42. The van der Waals surface area contributed by atoms with Crippen LogP contribution < -0.4 is 11.1 Å². The van der Waals surface area contributed by atoms with E-state index in [0.29, 0.717) is 28.7 Å². The molecule has 0 aliphatic rings. The van der Waals surface area contributed by atoms with Crippen molar-refractivity contribution in [3.8, 4) is 0 Å². The second-order valence-corrected chi connectivity index (χ2v) is 6.02. The van der Waals surface area contributed by atoms with Crippen LogP contribution in [0.1, 0.15) is 39.6 Å². The molecule has 0 aromatic heterocycles. The van der Waals surface area contributed by atoms with Crippen molar-refractivity contribution in [3.63, 3.8) is 0 Å². The number of ketones is 2. The van der Waals surface area contributed by atoms with Gasteiger partial charge in [0.25, 0.3) is 0 Å². The van der Waals surface area contributed by atoms with E-state index in [0.717, 1.165) is 0 Å². The van der Waals surface area contributed by atoms with Crippen LogP contribution in [0.4, 0.5) is 0 Å². The summed E-state index contributed by atoms with van der Waals surface area (Å²) in [5.74, 6) is -0.741. The van der Waals surface area contributed by atoms with Gasteiger partial charge in [-0.05, 0) is 19.9 Å². The summed E-state index contributed by atoms with van der Waals surface area (Å²) in [5.41, 5.74) is 7.37. The van der Waals surface area contributed by atoms with Crippen LogP contribution in [-0.4, -0.2) is 30.1 Å². The Balaban J connectivity index is 2.17. The van der Waals surface area contributed by atoms with Gasteiger partial charge in [-0.2, -0.15) is 0 Å². The van der Waals surface area contributed by atoms with Gasteiger partial charge >= 0.3 is 0 Å². The van der Waals surface area contributed by atoms with Gasteiger partial charge in [0.15, 0.2) is 11.6 Å². The van der Waals surface area contributed by atoms with Crippen LogP contribution in [-0.2, 0) is 4.79 Å². The van der Waals surface area contributed by atoms with E-state index in [1.54, 1.807) is 55.5 Å². The zero-order valence-corrected chi connectivity index (χ0v) is 14.7. The minimum absolute atomic E-state index is 0.112. The number of carbonyl (C=O) groups is 3. The number of hydrogen-bond acceptors (Lipinski definition) is 4. The second-order valence-electron chi connectivity index (χ2n) is 6.02. The van der Waals surface area contributed by atoms with E-state index in [1.807, 2.05) is 6.07 Å². The summed E-state index contributed by atoms with van der Waals surface area (Å²) in [6.45, 7) is 5.40. The molecule has 5 nitrogen and oxygen atoms in total. The fourth-order valence-corrected chi connectivity index (χ4v) is 2.46. The van der Waals surface area contributed by atoms with E-state index in [2.05, 4.69) is 11.9 Å². The van der Waals surface area contributed by atoms with E-state index in [9.17, 15) is 14.4 Å². The molecule has 0 spiro atoms. The van der Waals surface area contributed by atoms with Crippen LogP contribution in [0.3, 0.4) is 0 Å². The van der Waals surface area contributed by atoms with Crippen molar-refractivity contribution in [1.29, 1.82) is 0 Å². The zero-order chi connectivity index (χ0) is 19.1. The third-order valence-corrected chi connectivity index (χ3v) is 3.93. The minimum Gasteiger partial charge on any atom is -0.342 e. The van der Waals surface area contributed by atoms with Crippen molar-refractivity contribution in [2.75, 3.05) is 6.54 Å². The maximum Gasteiger partial charge on any atom is 0.246 e. The first-order valence-electron chi connectivity index (χ1n) is 8.34. The predicted octanol–water partition coefficient (Wildman–Crippen LogP) is 2.51. The number of benzene rings is 2. The van der Waals surface area contributed by atoms with Crippen LogP contribution >= 0.6 is 0 Å². The molecule has 0 saturated carbocycles. The summed E-state index contributed by atoms with van der Waals surface area (Å²) in [6.07, 6.45) is 0.322. The first kappa shape index (κ1) is 19.3. The Bertz CT molecular complexity index is 811. The summed E-state index contributed by atoms with van der Waals surface area (Å²) >= 11 is 0. The van der Waals surface area contributed by atoms with Crippen LogP contribution in [0.5, 0.6) is 0 Å². The summed E-state index contributed by atoms with van der Waals surface area (Å²) in [6, 6.07) is 14.6. The van der Waals surface area contributed by atoms with E-state index in [4.69, 9.17) is 5.73 Å². The Kier molecular flexibility index (Phi) is 6.58. The highest BCUT2D eigenvalue weighted by atomic mass is 16.2. The summed E-state index contributed by atoms with van der Waals surface area (Å²) in [5, 5.41) is 2.64. The molecular weight excluding hydrogens is 328 g/mol. The molecule has 0 aliphatic heterocycles. The first-order valence-corrected chi connectivity index (χ1v) is 8.34. The molecule has 0 heterocycles. The fraction of sp³-hybridized carbons (Fsp3) is 0.190. The van der Waals surface area contributed by atoms with E-state index in [-0.39, 0.29) is 24.0 Å². The number of amides is 1. The zero-order valence-electron chi connectivity index (χ0n) is 14.7. The molecule has 2 aromatic carbocycles. The topological polar surface area (TPSA) is 89.3 Å². The number of nitrogens with two attached hydrogens (primary N) is 1. The molecule has 0 aliphatic carbocycles. The highest BCUT2D eigenvalue weighted by molar-refractivity contribution is 6.10. The molecule has 134 valence electrons. The van der Waals surface area contributed by atoms with Gasteiger partial charge in [0.2, 0.25) is 5.91 Å². The molecular formula is C21H22N2O3. The quantitative estimate of drug-likeness (QED) is 0.565. The Morgan fingerprint density at radius 2 is 1.50 bits per heavy atom. The normalized spacial score (nSPS) is 11.5. The second kappa shape index (κ2) is 8.87. The van der Waals surface area contributed by atoms with Gasteiger partial charge in [0, 0.05) is 22.3 Å². The molecule has 5 heteroatoms. The third kappa shape index (κ3) is 4.74. The largest absolute Gasteiger partial charge is 0.342 e. The molecule has 2 aromatic rings. The molecule has 1 amide bonds. The molecule has 0 radical (unpaired) electrons. The highest BCUT2D eigenvalue weighted by Gasteiger charge is 2.22. The number of rotatable bonds is 8. The van der Waals surface area contributed by atoms with Crippen molar-refractivity contribution in [2.24, 2.45) is 5.73 Å². The van der Waals surface area contributed by atoms with E-state index in [1.165, 1.54) is 0 Å². The third-order valence-electron chi connectivity index (χ3n) is 3.93. The van der Waals surface area contributed by atoms with Crippen LogP contribution in [0.2, 0.25) is 0 Å². The van der Waals surface area contributed by atoms with Crippen molar-refractivity contribution in [2.45, 2.75) is 19.4 Å². The van der Waals surface area contributed by atoms with Gasteiger partial charge in [-0.1, -0.05) is 61.2 Å². The molecule has 0 bridgehead atoms. The number of Topliss-reactive ketones (excluding diaryl/α,β-unsaturated/α-hetero) is 1. The SMILES string of the molecule is C=C(C)C(=O)NC(CCN)C(=O)c1ccc(C(=O)c2ccccc2)cc1. The Labute approximate surface area is 152 Å². The average Bonchev–Trinajstić information content (AvgIpc) is 2.67. The molecule has 1 atom stereocenters. The summed E-state index contributed by atoms with van der Waals surface area (Å²) in [7, 11) is 0. The van der Waals surface area contributed by atoms with Gasteiger partial charge in [-0.3, -0.25) is 14.4 Å². The lowest BCUT2D eigenvalue weighted by atomic mass is 9.97. The lowest BCUT2D eigenvalue weighted by molar-refractivity contribution is -0.117. The van der Waals surface area contributed by atoms with E-state index < -0.39 is 6.04 Å². The summed E-state index contributed by atoms with van der Waals surface area (Å²) < 4.78 is 0. The molecule has 0 saturated heterocycles. The van der Waals surface area contributed by atoms with Crippen molar-refractivity contribution in [3.05, 3.63) is 83.4 Å². The molecule has 2 rings (SSSR count). The smallest absolute Gasteiger partial charge is 0.246 e. The maximum atomic E-state index is 12.7. The molecule has 1 unspecified atom stereocenters. The monoisotopic (exact) mass is 350 g/mol. The predicted molar refractivity (Wildman–Crippen MR) is 101 cm³/mol. The van der Waals surface area contributed by atoms with Gasteiger partial charge in [0.1, 0.15) is 0 Å². The Morgan fingerprint density at radius 3 is 2.04 bits per heavy atom. The number of hydrogen-bond donors (Lipinski definition) is 2. The van der Waals surface area contributed by atoms with Gasteiger partial charge in [0.05, 0.1) is 6.04 Å². The fourth-order valence-electron chi connectivity index (χ4n) is 2.46. The Morgan fingerprint density at radius 1 is 0.962 bits per heavy atom. The Hall–Kier alpha value is -3.05. The lowest BCUT2D eigenvalue weighted by Gasteiger charge is -2.17. The standard InChI is InChI=1S/C21H22N2O3/c1-14(2)21(26)23-18(12-13-22)20(25)17-10-8-16(9-11-17)19(24)15-6-4-3-5-7-15/h3-11,18H,1,12-13,22H2,2H3,(H,23,26). The van der Waals surface area contributed by atoms with E-state index >= 15 is 0 Å². The molecule has 26 heavy (non-hydrogen) atoms. The molecule has 0 fully saturated rings. The van der Waals surface area contributed by atoms with Gasteiger partial charge in [-0.15, -0.1) is 0 Å². The van der Waals surface area contributed by atoms with Crippen LogP contribution in [0, 0.1) is 0 Å². The number of carbonyl (C=O) groups excluding carboxylic acids is 3. The van der Waals surface area contributed by atoms with Gasteiger partial charge in [-0.25, -0.2) is 0 Å². The number of nitrogens with one attached hydrogen (secondary N) is 1. The highest BCUT2D eigenvalue weighted by Crippen LogP contribution is 2.13. The van der Waals surface area contributed by atoms with Crippen molar-refractivity contribution < 1.29 is 14.4 Å². The van der Waals surface area contributed by atoms with Crippen LogP contribution in [0.15, 0.2) is 66.7 Å². The van der Waals surface area contributed by atoms with Crippen molar-refractivity contribution >= 4 is 17.5 Å². The summed E-state index contributed by atoms with van der Waals surface area (Å²) in [4.78, 5) is 36.9.